The quantitative estimate of drug-likeness (QED) is 0.544. The van der Waals surface area contributed by atoms with Crippen molar-refractivity contribution >= 4 is 28.7 Å². The van der Waals surface area contributed by atoms with Crippen molar-refractivity contribution in [3.63, 3.8) is 0 Å². The van der Waals surface area contributed by atoms with E-state index in [1.807, 2.05) is 19.2 Å². The second kappa shape index (κ2) is 10.1. The molecule has 3 aromatic rings. The molecule has 3 aromatic heterocycles. The van der Waals surface area contributed by atoms with Gasteiger partial charge in [-0.1, -0.05) is 26.8 Å². The summed E-state index contributed by atoms with van der Waals surface area (Å²) in [6.07, 6.45) is 3.11. The van der Waals surface area contributed by atoms with Gasteiger partial charge in [-0.05, 0) is 42.2 Å². The lowest BCUT2D eigenvalue weighted by Gasteiger charge is -2.33. The minimum absolute atomic E-state index is 0.306. The predicted molar refractivity (Wildman–Crippen MR) is 139 cm³/mol. The van der Waals surface area contributed by atoms with Gasteiger partial charge in [0.25, 0.3) is 0 Å². The maximum Gasteiger partial charge on any atom is 0.229 e. The summed E-state index contributed by atoms with van der Waals surface area (Å²) in [5, 5.41) is 4.12. The maximum absolute atomic E-state index is 14.8. The molecule has 2 aliphatic heterocycles. The molecule has 1 saturated heterocycles. The smallest absolute Gasteiger partial charge is 0.229 e. The fourth-order valence-electron chi connectivity index (χ4n) is 4.63. The predicted octanol–water partition coefficient (Wildman–Crippen LogP) is 3.37. The van der Waals surface area contributed by atoms with Crippen LogP contribution in [0.4, 0.5) is 16.2 Å². The highest BCUT2D eigenvalue weighted by Gasteiger charge is 2.21. The third-order valence-electron chi connectivity index (χ3n) is 6.85. The average Bonchev–Trinajstić information content (AvgIpc) is 3.42. The highest BCUT2D eigenvalue weighted by Crippen LogP contribution is 2.28. The standard InChI is InChI=1S/C26H32FN7S/c1-5-33-8-10-34(11-9-33)15-18-6-7-21(28-12-18)31-26-30-14-20(27)23(32-26)24-17(4)22-25(35-24)19(13-29-22)16(2)3/h6-7,12,14,16H,5,8-11,13,15H2,1-4H3,(H,28,30,31,32). The van der Waals surface area contributed by atoms with E-state index in [1.54, 1.807) is 11.3 Å². The minimum Gasteiger partial charge on any atom is -0.309 e. The van der Waals surface area contributed by atoms with Crippen molar-refractivity contribution in [3.05, 3.63) is 51.4 Å². The van der Waals surface area contributed by atoms with E-state index >= 15 is 0 Å². The third-order valence-corrected chi connectivity index (χ3v) is 8.22. The summed E-state index contributed by atoms with van der Waals surface area (Å²) in [4.78, 5) is 23.7. The zero-order valence-electron chi connectivity index (χ0n) is 20.8. The molecule has 5 rings (SSSR count). The van der Waals surface area contributed by atoms with Crippen molar-refractivity contribution in [2.45, 2.75) is 34.2 Å². The Morgan fingerprint density at radius 1 is 1.09 bits per heavy atom. The lowest BCUT2D eigenvalue weighted by atomic mass is 10.1. The Morgan fingerprint density at radius 3 is 2.54 bits per heavy atom. The molecule has 184 valence electrons. The summed E-state index contributed by atoms with van der Waals surface area (Å²) in [6.45, 7) is 15.7. The van der Waals surface area contributed by atoms with Crippen LogP contribution in [-0.4, -0.2) is 64.0 Å². The maximum atomic E-state index is 14.8. The zero-order valence-corrected chi connectivity index (χ0v) is 21.6. The Morgan fingerprint density at radius 2 is 1.86 bits per heavy atom. The molecule has 0 unspecified atom stereocenters. The fraction of sp³-hybridized carbons (Fsp3) is 0.462. The molecular formula is C26H32FN7S. The fourth-order valence-corrected chi connectivity index (χ4v) is 6.07. The molecule has 0 saturated carbocycles. The number of hydrogen-bond acceptors (Lipinski definition) is 8. The van der Waals surface area contributed by atoms with Crippen LogP contribution in [0, 0.1) is 18.7 Å². The topological polar surface area (TPSA) is 69.5 Å². The molecule has 5 heterocycles. The van der Waals surface area contributed by atoms with E-state index in [0.717, 1.165) is 66.1 Å². The van der Waals surface area contributed by atoms with Crippen molar-refractivity contribution in [1.29, 1.82) is 0 Å². The molecule has 0 aliphatic carbocycles. The van der Waals surface area contributed by atoms with Gasteiger partial charge in [-0.15, -0.1) is 11.3 Å². The summed E-state index contributed by atoms with van der Waals surface area (Å²) in [7, 11) is 0. The van der Waals surface area contributed by atoms with Crippen LogP contribution in [0.2, 0.25) is 0 Å². The van der Waals surface area contributed by atoms with Gasteiger partial charge in [-0.25, -0.2) is 19.3 Å². The van der Waals surface area contributed by atoms with Gasteiger partial charge in [-0.2, -0.15) is 0 Å². The van der Waals surface area contributed by atoms with Gasteiger partial charge in [0, 0.05) is 38.9 Å². The number of nitrogens with one attached hydrogen (secondary N) is 1. The molecule has 0 atom stereocenters. The number of fused-ring (bicyclic) bond motifs is 1. The number of thiophene rings is 1. The van der Waals surface area contributed by atoms with E-state index in [1.165, 1.54) is 17.3 Å². The van der Waals surface area contributed by atoms with Gasteiger partial charge in [0.2, 0.25) is 5.95 Å². The summed E-state index contributed by atoms with van der Waals surface area (Å²) in [6, 6.07) is 4.00. The molecule has 2 aliphatic rings. The number of rotatable bonds is 7. The van der Waals surface area contributed by atoms with Crippen molar-refractivity contribution in [3.8, 4) is 10.6 Å². The molecular weight excluding hydrogens is 461 g/mol. The Kier molecular flexibility index (Phi) is 6.91. The summed E-state index contributed by atoms with van der Waals surface area (Å²) in [5.74, 6) is 0.942. The zero-order chi connectivity index (χ0) is 24.5. The van der Waals surface area contributed by atoms with Crippen LogP contribution < -0.4 is 15.2 Å². The largest absolute Gasteiger partial charge is 0.309 e. The van der Waals surface area contributed by atoms with Gasteiger partial charge in [0.15, 0.2) is 5.82 Å². The molecule has 1 fully saturated rings. The van der Waals surface area contributed by atoms with Crippen molar-refractivity contribution < 1.29 is 4.39 Å². The van der Waals surface area contributed by atoms with Crippen LogP contribution >= 0.6 is 11.3 Å². The van der Waals surface area contributed by atoms with Gasteiger partial charge < -0.3 is 10.2 Å². The van der Waals surface area contributed by atoms with Crippen molar-refractivity contribution in [2.24, 2.45) is 10.9 Å². The van der Waals surface area contributed by atoms with Crippen LogP contribution in [0.15, 0.2) is 29.5 Å². The highest BCUT2D eigenvalue weighted by atomic mass is 32.1. The van der Waals surface area contributed by atoms with Crippen molar-refractivity contribution in [1.82, 2.24) is 24.8 Å². The molecule has 0 amide bonds. The first-order valence-electron chi connectivity index (χ1n) is 12.3. The lowest BCUT2D eigenvalue weighted by Crippen LogP contribution is -2.45. The second-order valence-electron chi connectivity index (χ2n) is 9.51. The monoisotopic (exact) mass is 493 g/mol. The van der Waals surface area contributed by atoms with E-state index in [-0.39, 0.29) is 0 Å². The molecule has 0 aromatic carbocycles. The summed E-state index contributed by atoms with van der Waals surface area (Å²) < 4.78 is 16.0. The molecule has 1 N–H and O–H groups in total. The number of aromatic nitrogens is 3. The highest BCUT2D eigenvalue weighted by molar-refractivity contribution is 7.13. The number of piperazine rings is 1. The van der Waals surface area contributed by atoms with Gasteiger partial charge in [-0.3, -0.25) is 9.89 Å². The van der Waals surface area contributed by atoms with Gasteiger partial charge in [0.05, 0.1) is 27.5 Å². The summed E-state index contributed by atoms with van der Waals surface area (Å²) in [5.41, 5.74) is 3.77. The SMILES string of the molecule is CCN1CCN(Cc2ccc(Nc3ncc(F)c(-c4sc5c(c4C)=NCC=5C(C)C)n3)nc2)CC1. The number of hydrogen-bond donors (Lipinski definition) is 1. The molecule has 0 bridgehead atoms. The number of halogens is 1. The average molecular weight is 494 g/mol. The Bertz CT molecular complexity index is 1320. The van der Waals surface area contributed by atoms with E-state index in [4.69, 9.17) is 4.99 Å². The number of nitrogens with zero attached hydrogens (tertiary/aromatic N) is 6. The Labute approximate surface area is 209 Å². The molecule has 0 spiro atoms. The first-order chi connectivity index (χ1) is 16.9. The van der Waals surface area contributed by atoms with Crippen molar-refractivity contribution in [2.75, 3.05) is 44.6 Å². The summed E-state index contributed by atoms with van der Waals surface area (Å²) >= 11 is 1.58. The molecule has 35 heavy (non-hydrogen) atoms. The van der Waals surface area contributed by atoms with Crippen LogP contribution in [0.5, 0.6) is 0 Å². The lowest BCUT2D eigenvalue weighted by molar-refractivity contribution is 0.132. The number of anilines is 2. The van der Waals surface area contributed by atoms with Gasteiger partial charge in [0.1, 0.15) is 11.5 Å². The Hall–Kier alpha value is -2.75. The Balaban J connectivity index is 1.32. The second-order valence-corrected chi connectivity index (χ2v) is 10.5. The molecule has 7 nitrogen and oxygen atoms in total. The first-order valence-corrected chi connectivity index (χ1v) is 13.1. The first kappa shape index (κ1) is 24.0. The minimum atomic E-state index is -0.434. The van der Waals surface area contributed by atoms with Crippen LogP contribution in [0.1, 0.15) is 31.9 Å². The number of likely N-dealkylation sites (N-methyl/N-ethyl adjacent to an activating group) is 1. The van der Waals surface area contributed by atoms with Gasteiger partial charge >= 0.3 is 0 Å². The van der Waals surface area contributed by atoms with E-state index < -0.39 is 5.82 Å². The van der Waals surface area contributed by atoms with E-state index in [2.05, 4.69) is 56.9 Å². The van der Waals surface area contributed by atoms with Crippen LogP contribution in [0.3, 0.4) is 0 Å². The van der Waals surface area contributed by atoms with Crippen LogP contribution in [0.25, 0.3) is 16.1 Å². The normalized spacial score (nSPS) is 16.6. The molecule has 9 heteroatoms. The number of pyridine rings is 1. The van der Waals surface area contributed by atoms with E-state index in [9.17, 15) is 4.39 Å². The molecule has 0 radical (unpaired) electrons. The third kappa shape index (κ3) is 4.98. The van der Waals surface area contributed by atoms with E-state index in [0.29, 0.717) is 23.4 Å². The van der Waals surface area contributed by atoms with Crippen LogP contribution in [-0.2, 0) is 6.54 Å².